The Bertz CT molecular complexity index is 629. The van der Waals surface area contributed by atoms with Gasteiger partial charge in [0.05, 0.1) is 25.1 Å². The second-order valence-corrected chi connectivity index (χ2v) is 7.33. The summed E-state index contributed by atoms with van der Waals surface area (Å²) in [5.41, 5.74) is 1.01. The first-order valence-corrected chi connectivity index (χ1v) is 9.88. The lowest BCUT2D eigenvalue weighted by Crippen LogP contribution is -2.50. The third-order valence-corrected chi connectivity index (χ3v) is 5.62. The van der Waals surface area contributed by atoms with E-state index in [0.29, 0.717) is 13.0 Å². The molecule has 2 fully saturated rings. The molecule has 5 heteroatoms. The average Bonchev–Trinajstić information content (AvgIpc) is 3.00. The molecule has 2 saturated heterocycles. The summed E-state index contributed by atoms with van der Waals surface area (Å²) in [4.78, 5) is 29.1. The van der Waals surface area contributed by atoms with Crippen molar-refractivity contribution in [1.29, 1.82) is 0 Å². The summed E-state index contributed by atoms with van der Waals surface area (Å²) in [6.45, 7) is 5.83. The summed E-state index contributed by atoms with van der Waals surface area (Å²) < 4.78 is 5.47. The lowest BCUT2D eigenvalue weighted by Gasteiger charge is -2.37. The smallest absolute Gasteiger partial charge is 0.227 e. The maximum atomic E-state index is 13.1. The van der Waals surface area contributed by atoms with Gasteiger partial charge in [-0.15, -0.1) is 0 Å². The number of rotatable bonds is 4. The number of amides is 2. The van der Waals surface area contributed by atoms with Gasteiger partial charge in [0, 0.05) is 20.0 Å². The van der Waals surface area contributed by atoms with E-state index >= 15 is 0 Å². The third-order valence-electron chi connectivity index (χ3n) is 5.62. The van der Waals surface area contributed by atoms with E-state index in [-0.39, 0.29) is 23.9 Å². The Hall–Kier alpha value is -2.04. The summed E-state index contributed by atoms with van der Waals surface area (Å²) in [6, 6.07) is 8.17. The van der Waals surface area contributed by atoms with Crippen LogP contribution in [0, 0.1) is 0 Å². The number of fused-ring (bicyclic) bond motifs is 1. The molecule has 2 aliphatic rings. The molecule has 2 aliphatic heterocycles. The molecule has 1 aromatic rings. The minimum atomic E-state index is 0.136. The molecule has 0 spiro atoms. The van der Waals surface area contributed by atoms with Crippen molar-refractivity contribution in [2.75, 3.05) is 19.7 Å². The van der Waals surface area contributed by atoms with E-state index in [0.717, 1.165) is 56.5 Å². The fraction of sp³-hybridized carbons (Fsp3) is 0.619. The van der Waals surface area contributed by atoms with Gasteiger partial charge in [-0.3, -0.25) is 9.59 Å². The zero-order chi connectivity index (χ0) is 18.5. The van der Waals surface area contributed by atoms with Crippen molar-refractivity contribution in [2.24, 2.45) is 0 Å². The van der Waals surface area contributed by atoms with Crippen LogP contribution in [0.5, 0.6) is 5.75 Å². The highest BCUT2D eigenvalue weighted by atomic mass is 16.5. The van der Waals surface area contributed by atoms with Crippen molar-refractivity contribution in [3.63, 3.8) is 0 Å². The van der Waals surface area contributed by atoms with Crippen molar-refractivity contribution < 1.29 is 14.3 Å². The van der Waals surface area contributed by atoms with Crippen LogP contribution in [0.2, 0.25) is 0 Å². The number of nitrogens with zero attached hydrogens (tertiary/aromatic N) is 2. The highest BCUT2D eigenvalue weighted by molar-refractivity contribution is 5.80. The number of carbonyl (C=O) groups excluding carboxylic acids is 2. The van der Waals surface area contributed by atoms with Crippen molar-refractivity contribution >= 4 is 11.8 Å². The van der Waals surface area contributed by atoms with Gasteiger partial charge in [0.25, 0.3) is 0 Å². The lowest BCUT2D eigenvalue weighted by atomic mass is 9.96. The summed E-state index contributed by atoms with van der Waals surface area (Å²) >= 11 is 0. The van der Waals surface area contributed by atoms with Gasteiger partial charge in [-0.05, 0) is 43.9 Å². The third kappa shape index (κ3) is 4.19. The van der Waals surface area contributed by atoms with Crippen LogP contribution in [0.15, 0.2) is 24.3 Å². The van der Waals surface area contributed by atoms with E-state index < -0.39 is 0 Å². The van der Waals surface area contributed by atoms with Gasteiger partial charge in [0.15, 0.2) is 0 Å². The quantitative estimate of drug-likeness (QED) is 0.831. The molecule has 3 rings (SSSR count). The first-order valence-electron chi connectivity index (χ1n) is 9.88. The molecular formula is C21H30N2O3. The molecule has 0 unspecified atom stereocenters. The van der Waals surface area contributed by atoms with Gasteiger partial charge in [-0.25, -0.2) is 0 Å². The largest absolute Gasteiger partial charge is 0.494 e. The van der Waals surface area contributed by atoms with E-state index in [4.69, 9.17) is 4.74 Å². The number of hydrogen-bond donors (Lipinski definition) is 0. The molecule has 2 amide bonds. The zero-order valence-electron chi connectivity index (χ0n) is 15.9. The fourth-order valence-electron chi connectivity index (χ4n) is 4.37. The molecule has 0 aromatic heterocycles. The molecule has 0 bridgehead atoms. The fourth-order valence-corrected chi connectivity index (χ4v) is 4.37. The minimum Gasteiger partial charge on any atom is -0.494 e. The zero-order valence-corrected chi connectivity index (χ0v) is 15.9. The standard InChI is InChI=1S/C21H30N2O3/c1-3-26-18-10-8-17(9-11-18)15-21(25)23-13-6-4-5-7-19-20(23)12-14-22(19)16(2)24/h8-11,19-20H,3-7,12-15H2,1-2H3/t19-,20+/m1/s1. The SMILES string of the molecule is CCOc1ccc(CC(=O)N2CCCCC[C@@H]3[C@@H]2CCN3C(C)=O)cc1. The molecule has 0 N–H and O–H groups in total. The number of benzene rings is 1. The maximum absolute atomic E-state index is 13.1. The topological polar surface area (TPSA) is 49.9 Å². The van der Waals surface area contributed by atoms with E-state index in [9.17, 15) is 9.59 Å². The van der Waals surface area contributed by atoms with Crippen LogP contribution < -0.4 is 4.74 Å². The van der Waals surface area contributed by atoms with Crippen LogP contribution in [0.25, 0.3) is 0 Å². The number of carbonyl (C=O) groups is 2. The van der Waals surface area contributed by atoms with Gasteiger partial charge in [-0.2, -0.15) is 0 Å². The van der Waals surface area contributed by atoms with E-state index in [2.05, 4.69) is 4.90 Å². The summed E-state index contributed by atoms with van der Waals surface area (Å²) in [7, 11) is 0. The molecule has 142 valence electrons. The Balaban J connectivity index is 1.70. The molecule has 2 heterocycles. The van der Waals surface area contributed by atoms with Gasteiger partial charge >= 0.3 is 0 Å². The first-order chi connectivity index (χ1) is 12.6. The summed E-state index contributed by atoms with van der Waals surface area (Å²) in [5.74, 6) is 1.15. The second kappa shape index (κ2) is 8.56. The van der Waals surface area contributed by atoms with E-state index in [1.807, 2.05) is 36.1 Å². The predicted octanol–water partition coefficient (Wildman–Crippen LogP) is 3.02. The Morgan fingerprint density at radius 3 is 2.42 bits per heavy atom. The number of hydrogen-bond acceptors (Lipinski definition) is 3. The van der Waals surface area contributed by atoms with Gasteiger partial charge in [0.1, 0.15) is 5.75 Å². The molecular weight excluding hydrogens is 328 g/mol. The van der Waals surface area contributed by atoms with Gasteiger partial charge in [-0.1, -0.05) is 25.0 Å². The van der Waals surface area contributed by atoms with Crippen LogP contribution in [0.4, 0.5) is 0 Å². The number of ether oxygens (including phenoxy) is 1. The predicted molar refractivity (Wildman–Crippen MR) is 101 cm³/mol. The monoisotopic (exact) mass is 358 g/mol. The summed E-state index contributed by atoms with van der Waals surface area (Å²) in [6.07, 6.45) is 5.65. The van der Waals surface area contributed by atoms with Crippen LogP contribution in [-0.2, 0) is 16.0 Å². The van der Waals surface area contributed by atoms with Gasteiger partial charge in [0.2, 0.25) is 11.8 Å². The maximum Gasteiger partial charge on any atom is 0.227 e. The number of likely N-dealkylation sites (tertiary alicyclic amines) is 2. The molecule has 0 aliphatic carbocycles. The molecule has 26 heavy (non-hydrogen) atoms. The minimum absolute atomic E-state index is 0.136. The van der Waals surface area contributed by atoms with Crippen molar-refractivity contribution in [3.8, 4) is 5.75 Å². The van der Waals surface area contributed by atoms with Crippen LogP contribution in [-0.4, -0.2) is 53.4 Å². The Labute approximate surface area is 156 Å². The Morgan fingerprint density at radius 2 is 1.73 bits per heavy atom. The second-order valence-electron chi connectivity index (χ2n) is 7.33. The summed E-state index contributed by atoms with van der Waals surface area (Å²) in [5, 5.41) is 0. The lowest BCUT2D eigenvalue weighted by molar-refractivity contribution is -0.136. The van der Waals surface area contributed by atoms with Gasteiger partial charge < -0.3 is 14.5 Å². The molecule has 1 aromatic carbocycles. The van der Waals surface area contributed by atoms with Crippen LogP contribution in [0.3, 0.4) is 0 Å². The highest BCUT2D eigenvalue weighted by Crippen LogP contribution is 2.30. The van der Waals surface area contributed by atoms with Crippen molar-refractivity contribution in [3.05, 3.63) is 29.8 Å². The molecule has 2 atom stereocenters. The Kier molecular flexibility index (Phi) is 6.17. The van der Waals surface area contributed by atoms with Crippen LogP contribution >= 0.6 is 0 Å². The van der Waals surface area contributed by atoms with Crippen molar-refractivity contribution in [1.82, 2.24) is 9.80 Å². The first kappa shape index (κ1) is 18.7. The normalized spacial score (nSPS) is 23.2. The molecule has 0 radical (unpaired) electrons. The Morgan fingerprint density at radius 1 is 1.00 bits per heavy atom. The van der Waals surface area contributed by atoms with E-state index in [1.165, 1.54) is 0 Å². The van der Waals surface area contributed by atoms with Crippen molar-refractivity contribution in [2.45, 2.75) is 64.5 Å². The van der Waals surface area contributed by atoms with E-state index in [1.54, 1.807) is 6.92 Å². The average molecular weight is 358 g/mol. The molecule has 0 saturated carbocycles. The van der Waals surface area contributed by atoms with Crippen LogP contribution in [0.1, 0.15) is 51.5 Å². The highest BCUT2D eigenvalue weighted by Gasteiger charge is 2.40. The molecule has 5 nitrogen and oxygen atoms in total.